The van der Waals surface area contributed by atoms with Gasteiger partial charge in [0.05, 0.1) is 26.0 Å². The van der Waals surface area contributed by atoms with Crippen LogP contribution >= 0.6 is 11.8 Å². The highest BCUT2D eigenvalue weighted by molar-refractivity contribution is 7.80. The van der Waals surface area contributed by atoms with Crippen molar-refractivity contribution in [2.24, 2.45) is 0 Å². The van der Waals surface area contributed by atoms with E-state index in [1.165, 1.54) is 4.42 Å². The molecule has 0 aliphatic carbocycles. The largest absolute Gasteiger partial charge is 0.756 e. The van der Waals surface area contributed by atoms with Gasteiger partial charge in [0.25, 0.3) is 0 Å². The summed E-state index contributed by atoms with van der Waals surface area (Å²) >= 11 is 5.02. The highest BCUT2D eigenvalue weighted by atomic mass is 35.5. The standard InChI is InChI=1S/C19H28ClN4O4S/c1-4-7-18-23(20)17-14-21(2)29(26)22(19(17)24(18)25)12-5-6-13-28-16-10-8-15(27-3)9-11-16/h8-11,18H,4-7,12-14H2,1-3H3/q-1. The molecule has 0 saturated carbocycles. The lowest BCUT2D eigenvalue weighted by atomic mass is 10.3. The van der Waals surface area contributed by atoms with Crippen LogP contribution in [0.5, 0.6) is 11.5 Å². The lowest BCUT2D eigenvalue weighted by Crippen LogP contribution is -2.45. The van der Waals surface area contributed by atoms with Gasteiger partial charge in [0.2, 0.25) is 0 Å². The van der Waals surface area contributed by atoms with Crippen molar-refractivity contribution in [3.8, 4) is 11.5 Å². The minimum Gasteiger partial charge on any atom is -0.756 e. The number of hydroxylamine groups is 2. The zero-order valence-electron chi connectivity index (χ0n) is 17.0. The highest BCUT2D eigenvalue weighted by Crippen LogP contribution is 2.38. The van der Waals surface area contributed by atoms with Gasteiger partial charge in [-0.25, -0.2) is 8.51 Å². The number of nitrogens with zero attached hydrogens (tertiary/aromatic N) is 4. The lowest BCUT2D eigenvalue weighted by molar-refractivity contribution is 0.224. The Labute approximate surface area is 180 Å². The second-order valence-electron chi connectivity index (χ2n) is 7.03. The Morgan fingerprint density at radius 1 is 1.24 bits per heavy atom. The van der Waals surface area contributed by atoms with E-state index in [0.29, 0.717) is 31.9 Å². The number of ether oxygens (including phenoxy) is 2. The van der Waals surface area contributed by atoms with Gasteiger partial charge >= 0.3 is 0 Å². The van der Waals surface area contributed by atoms with Crippen LogP contribution in [0.1, 0.15) is 32.6 Å². The molecule has 10 heteroatoms. The summed E-state index contributed by atoms with van der Waals surface area (Å²) < 4.78 is 28.5. The van der Waals surface area contributed by atoms with Gasteiger partial charge in [-0.1, -0.05) is 13.3 Å². The molecule has 0 amide bonds. The zero-order valence-corrected chi connectivity index (χ0v) is 18.6. The fourth-order valence-electron chi connectivity index (χ4n) is 3.43. The van der Waals surface area contributed by atoms with Crippen molar-refractivity contribution in [2.45, 2.75) is 38.8 Å². The van der Waals surface area contributed by atoms with Gasteiger partial charge in [0.1, 0.15) is 23.5 Å². The third-order valence-electron chi connectivity index (χ3n) is 4.95. The average molecular weight is 444 g/mol. The molecule has 0 fully saturated rings. The van der Waals surface area contributed by atoms with Gasteiger partial charge in [0, 0.05) is 25.4 Å². The topological polar surface area (TPSA) is 71.5 Å². The first kappa shape index (κ1) is 22.0. The van der Waals surface area contributed by atoms with Crippen LogP contribution in [0.15, 0.2) is 35.8 Å². The summed E-state index contributed by atoms with van der Waals surface area (Å²) in [4.78, 5) is 0. The quantitative estimate of drug-likeness (QED) is 0.431. The van der Waals surface area contributed by atoms with E-state index in [0.717, 1.165) is 41.5 Å². The fourth-order valence-corrected chi connectivity index (χ4v) is 4.92. The van der Waals surface area contributed by atoms with Crippen molar-refractivity contribution in [1.82, 2.24) is 18.1 Å². The summed E-state index contributed by atoms with van der Waals surface area (Å²) in [6.45, 7) is 3.43. The number of hydrogen-bond donors (Lipinski definition) is 0. The minimum absolute atomic E-state index is 0.390. The molecule has 2 atom stereocenters. The molecule has 2 aliphatic heterocycles. The zero-order chi connectivity index (χ0) is 21.0. The van der Waals surface area contributed by atoms with Crippen molar-refractivity contribution in [2.75, 3.05) is 33.9 Å². The molecule has 1 aromatic carbocycles. The Balaban J connectivity index is 1.56. The van der Waals surface area contributed by atoms with E-state index in [2.05, 4.69) is 0 Å². The second-order valence-corrected chi connectivity index (χ2v) is 8.92. The Morgan fingerprint density at radius 3 is 2.59 bits per heavy atom. The van der Waals surface area contributed by atoms with Crippen LogP contribution in [0.3, 0.4) is 0 Å². The molecule has 0 aromatic heterocycles. The molecular weight excluding hydrogens is 416 g/mol. The number of unbranched alkanes of at least 4 members (excludes halogenated alkanes) is 1. The molecular formula is C19H28ClN4O4S-. The molecule has 2 heterocycles. The fraction of sp³-hybridized carbons (Fsp3) is 0.579. The van der Waals surface area contributed by atoms with Crippen molar-refractivity contribution in [3.63, 3.8) is 0 Å². The number of methoxy groups -OCH3 is 1. The summed E-state index contributed by atoms with van der Waals surface area (Å²) in [6, 6.07) is 7.43. The molecule has 0 N–H and O–H groups in total. The predicted molar refractivity (Wildman–Crippen MR) is 114 cm³/mol. The number of rotatable bonds is 9. The molecule has 29 heavy (non-hydrogen) atoms. The van der Waals surface area contributed by atoms with Crippen molar-refractivity contribution in [3.05, 3.63) is 41.0 Å². The molecule has 2 unspecified atom stereocenters. The average Bonchev–Trinajstić information content (AvgIpc) is 2.95. The van der Waals surface area contributed by atoms with Gasteiger partial charge in [-0.05, 0) is 43.5 Å². The van der Waals surface area contributed by atoms with Crippen molar-refractivity contribution in [1.29, 1.82) is 0 Å². The van der Waals surface area contributed by atoms with Crippen molar-refractivity contribution < 1.29 is 13.7 Å². The monoisotopic (exact) mass is 443 g/mol. The van der Waals surface area contributed by atoms with Gasteiger partial charge in [-0.2, -0.15) is 0 Å². The molecule has 162 valence electrons. The van der Waals surface area contributed by atoms with Crippen LogP contribution in [0.2, 0.25) is 0 Å². The Bertz CT molecular complexity index is 748. The van der Waals surface area contributed by atoms with E-state index in [1.807, 2.05) is 31.2 Å². The van der Waals surface area contributed by atoms with Gasteiger partial charge in [0.15, 0.2) is 11.2 Å². The molecule has 0 bridgehead atoms. The molecule has 0 radical (unpaired) electrons. The molecule has 0 spiro atoms. The van der Waals surface area contributed by atoms with Crippen molar-refractivity contribution >= 4 is 22.9 Å². The third-order valence-corrected chi connectivity index (χ3v) is 6.78. The first-order valence-corrected chi connectivity index (χ1v) is 11.2. The van der Waals surface area contributed by atoms with Crippen LogP contribution in [-0.2, 0) is 11.2 Å². The van der Waals surface area contributed by atoms with Gasteiger partial charge < -0.3 is 19.7 Å². The molecule has 0 saturated heterocycles. The van der Waals surface area contributed by atoms with Crippen LogP contribution in [0.25, 0.3) is 0 Å². The first-order valence-electron chi connectivity index (χ1n) is 9.80. The maximum absolute atomic E-state index is 12.8. The summed E-state index contributed by atoms with van der Waals surface area (Å²) in [5.41, 5.74) is 0.719. The summed E-state index contributed by atoms with van der Waals surface area (Å²) in [5, 5.41) is 13.8. The molecule has 1 aromatic rings. The van der Waals surface area contributed by atoms with E-state index in [1.54, 1.807) is 22.8 Å². The highest BCUT2D eigenvalue weighted by Gasteiger charge is 2.41. The van der Waals surface area contributed by atoms with E-state index in [9.17, 15) is 9.42 Å². The normalized spacial score (nSPS) is 22.3. The summed E-state index contributed by atoms with van der Waals surface area (Å²) in [5.74, 6) is 2.00. The first-order chi connectivity index (χ1) is 14.0. The number of halogens is 1. The van der Waals surface area contributed by atoms with Crippen LogP contribution in [0, 0.1) is 5.21 Å². The minimum atomic E-state index is -1.41. The van der Waals surface area contributed by atoms with E-state index in [-0.39, 0.29) is 0 Å². The SMILES string of the molecule is CCCC1N([O-])C2=C(CN(C)S(=O)N2CCCCOc2ccc(OC)cc2)N1Cl. The Kier molecular flexibility index (Phi) is 7.50. The molecule has 8 nitrogen and oxygen atoms in total. The maximum Gasteiger partial charge on any atom is 0.200 e. The smallest absolute Gasteiger partial charge is 0.200 e. The van der Waals surface area contributed by atoms with Gasteiger partial charge in [-0.15, -0.1) is 0 Å². The third kappa shape index (κ3) is 4.74. The number of hydrogen-bond acceptors (Lipinski definition) is 6. The number of likely N-dealkylation sites (N-methyl/N-ethyl adjacent to an activating group) is 1. The summed E-state index contributed by atoms with van der Waals surface area (Å²) in [6.07, 6.45) is 2.56. The Morgan fingerprint density at radius 2 is 1.93 bits per heavy atom. The van der Waals surface area contributed by atoms with Gasteiger partial charge in [-0.3, -0.25) is 8.72 Å². The predicted octanol–water partition coefficient (Wildman–Crippen LogP) is 3.24. The second kappa shape index (κ2) is 9.88. The summed E-state index contributed by atoms with van der Waals surface area (Å²) in [7, 11) is 3.40. The van der Waals surface area contributed by atoms with E-state index in [4.69, 9.17) is 21.3 Å². The van der Waals surface area contributed by atoms with Crippen LogP contribution in [-0.4, -0.2) is 62.3 Å². The lowest BCUT2D eigenvalue weighted by Gasteiger charge is -2.41. The van der Waals surface area contributed by atoms with E-state index < -0.39 is 17.3 Å². The molecule has 2 aliphatic rings. The Hall–Kier alpha value is -1.68. The maximum atomic E-state index is 12.8. The van der Waals surface area contributed by atoms with E-state index >= 15 is 0 Å². The van der Waals surface area contributed by atoms with Crippen LogP contribution < -0.4 is 9.47 Å². The van der Waals surface area contributed by atoms with Crippen LogP contribution in [0.4, 0.5) is 0 Å². The number of benzene rings is 1. The molecule has 3 rings (SSSR count).